The van der Waals surface area contributed by atoms with Gasteiger partial charge in [-0.05, 0) is 17.8 Å². The van der Waals surface area contributed by atoms with Crippen LogP contribution in [-0.4, -0.2) is 0 Å². The van der Waals surface area contributed by atoms with E-state index in [0.717, 1.165) is 5.92 Å². The molecule has 0 spiro atoms. The first-order valence-electron chi connectivity index (χ1n) is 4.66. The average molecular weight is 153 g/mol. The van der Waals surface area contributed by atoms with Crippen LogP contribution in [0.3, 0.4) is 0 Å². The van der Waals surface area contributed by atoms with Crippen molar-refractivity contribution in [1.82, 2.24) is 0 Å². The zero-order valence-electron chi connectivity index (χ0n) is 8.41. The van der Waals surface area contributed by atoms with E-state index in [1.807, 2.05) is 0 Å². The van der Waals surface area contributed by atoms with Crippen molar-refractivity contribution in [3.63, 3.8) is 0 Å². The summed E-state index contributed by atoms with van der Waals surface area (Å²) in [6.45, 7) is 13.7. The molecule has 0 aliphatic heterocycles. The molecule has 0 heterocycles. The molecule has 0 heteroatoms. The van der Waals surface area contributed by atoms with Gasteiger partial charge in [0, 0.05) is 0 Å². The van der Waals surface area contributed by atoms with Crippen LogP contribution >= 0.6 is 0 Å². The highest BCUT2D eigenvalue weighted by atomic mass is 14.4. The summed E-state index contributed by atoms with van der Waals surface area (Å²) in [6, 6.07) is 0. The predicted molar refractivity (Wildman–Crippen MR) is 50.3 cm³/mol. The zero-order valence-corrected chi connectivity index (χ0v) is 8.41. The molecule has 1 saturated carbocycles. The van der Waals surface area contributed by atoms with Gasteiger partial charge in [0.2, 0.25) is 0 Å². The standard InChI is InChI=1S/C11H21/c1-9-6-10(2,3)8-11(4,5)7-9/h9H,2,6-8H2,1,3-5H3/q-1. The van der Waals surface area contributed by atoms with Gasteiger partial charge < -0.3 is 6.92 Å². The summed E-state index contributed by atoms with van der Waals surface area (Å²) in [5.74, 6) is 0.862. The van der Waals surface area contributed by atoms with Crippen molar-refractivity contribution >= 4 is 0 Å². The number of hydrogen-bond acceptors (Lipinski definition) is 0. The molecule has 1 rings (SSSR count). The molecule has 1 aliphatic rings. The summed E-state index contributed by atoms with van der Waals surface area (Å²) in [6.07, 6.45) is 3.96. The Labute approximate surface area is 71.4 Å². The van der Waals surface area contributed by atoms with Crippen molar-refractivity contribution < 1.29 is 0 Å². The molecule has 11 heavy (non-hydrogen) atoms. The molecule has 0 bridgehead atoms. The van der Waals surface area contributed by atoms with Gasteiger partial charge in [0.25, 0.3) is 0 Å². The fourth-order valence-electron chi connectivity index (χ4n) is 3.16. The Bertz CT molecular complexity index is 126. The van der Waals surface area contributed by atoms with Crippen LogP contribution in [0.2, 0.25) is 0 Å². The third kappa shape index (κ3) is 2.50. The van der Waals surface area contributed by atoms with E-state index in [2.05, 4.69) is 34.6 Å². The molecule has 66 valence electrons. The second kappa shape index (κ2) is 2.50. The second-order valence-corrected chi connectivity index (χ2v) is 5.67. The lowest BCUT2D eigenvalue weighted by Gasteiger charge is -2.48. The maximum atomic E-state index is 4.28. The smallest absolute Gasteiger partial charge is 0.0371 e. The molecule has 0 aromatic rings. The zero-order chi connectivity index (χ0) is 8.70. The van der Waals surface area contributed by atoms with Crippen LogP contribution in [-0.2, 0) is 0 Å². The topological polar surface area (TPSA) is 0 Å². The minimum Gasteiger partial charge on any atom is -0.337 e. The summed E-state index contributed by atoms with van der Waals surface area (Å²) in [5.41, 5.74) is 0.856. The maximum Gasteiger partial charge on any atom is -0.0371 e. The van der Waals surface area contributed by atoms with E-state index >= 15 is 0 Å². The first kappa shape index (κ1) is 9.09. The van der Waals surface area contributed by atoms with Gasteiger partial charge in [-0.25, -0.2) is 0 Å². The predicted octanol–water partition coefficient (Wildman–Crippen LogP) is 3.67. The molecular formula is C11H21-. The molecule has 0 saturated heterocycles. The molecule has 2 unspecified atom stereocenters. The average Bonchev–Trinajstić information content (AvgIpc) is 1.49. The molecule has 0 radical (unpaired) electrons. The highest BCUT2D eigenvalue weighted by Crippen LogP contribution is 2.47. The van der Waals surface area contributed by atoms with Gasteiger partial charge in [-0.1, -0.05) is 40.5 Å². The molecule has 0 aromatic carbocycles. The normalized spacial score (nSPS) is 43.9. The second-order valence-electron chi connectivity index (χ2n) is 5.67. The van der Waals surface area contributed by atoms with E-state index in [4.69, 9.17) is 0 Å². The fourth-order valence-corrected chi connectivity index (χ4v) is 3.16. The summed E-state index contributed by atoms with van der Waals surface area (Å²) < 4.78 is 0. The van der Waals surface area contributed by atoms with E-state index in [9.17, 15) is 0 Å². The van der Waals surface area contributed by atoms with E-state index in [0.29, 0.717) is 10.8 Å². The lowest BCUT2D eigenvalue weighted by molar-refractivity contribution is 0.0938. The Kier molecular flexibility index (Phi) is 2.07. The van der Waals surface area contributed by atoms with Crippen LogP contribution in [0.5, 0.6) is 0 Å². The Morgan fingerprint density at radius 1 is 1.18 bits per heavy atom. The van der Waals surface area contributed by atoms with Gasteiger partial charge in [0.1, 0.15) is 0 Å². The third-order valence-corrected chi connectivity index (χ3v) is 2.65. The van der Waals surface area contributed by atoms with Crippen molar-refractivity contribution in [1.29, 1.82) is 0 Å². The monoisotopic (exact) mass is 153 g/mol. The van der Waals surface area contributed by atoms with Crippen molar-refractivity contribution in [3.8, 4) is 0 Å². The number of rotatable bonds is 0. The van der Waals surface area contributed by atoms with Gasteiger partial charge in [-0.15, -0.1) is 0 Å². The Hall–Kier alpha value is 0. The Morgan fingerprint density at radius 2 is 1.73 bits per heavy atom. The largest absolute Gasteiger partial charge is 0.337 e. The van der Waals surface area contributed by atoms with Crippen LogP contribution in [0.25, 0.3) is 0 Å². The molecule has 0 amide bonds. The van der Waals surface area contributed by atoms with E-state index in [1.54, 1.807) is 0 Å². The first-order valence-corrected chi connectivity index (χ1v) is 4.66. The highest BCUT2D eigenvalue weighted by molar-refractivity contribution is 4.91. The summed E-state index contributed by atoms with van der Waals surface area (Å²) in [5, 5.41) is 0. The van der Waals surface area contributed by atoms with E-state index in [-0.39, 0.29) is 0 Å². The summed E-state index contributed by atoms with van der Waals surface area (Å²) in [7, 11) is 0. The van der Waals surface area contributed by atoms with Gasteiger partial charge >= 0.3 is 0 Å². The maximum absolute atomic E-state index is 4.28. The van der Waals surface area contributed by atoms with Crippen LogP contribution < -0.4 is 0 Å². The van der Waals surface area contributed by atoms with E-state index < -0.39 is 0 Å². The quantitative estimate of drug-likeness (QED) is 0.466. The highest BCUT2D eigenvalue weighted by Gasteiger charge is 2.32. The molecule has 0 N–H and O–H groups in total. The molecule has 1 fully saturated rings. The van der Waals surface area contributed by atoms with Gasteiger partial charge in [-0.3, -0.25) is 0 Å². The molecular weight excluding hydrogens is 132 g/mol. The molecule has 0 nitrogen and oxygen atoms in total. The van der Waals surface area contributed by atoms with Crippen molar-refractivity contribution in [3.05, 3.63) is 6.92 Å². The van der Waals surface area contributed by atoms with Gasteiger partial charge in [-0.2, -0.15) is 5.41 Å². The van der Waals surface area contributed by atoms with Gasteiger partial charge in [0.05, 0.1) is 0 Å². The Morgan fingerprint density at radius 3 is 2.09 bits per heavy atom. The van der Waals surface area contributed by atoms with Crippen molar-refractivity contribution in [2.45, 2.75) is 47.0 Å². The SMILES string of the molecule is [CH2-]C1(C)CC(C)CC(C)(C)C1. The van der Waals surface area contributed by atoms with Crippen LogP contribution in [0.1, 0.15) is 47.0 Å². The van der Waals surface area contributed by atoms with Crippen LogP contribution in [0.15, 0.2) is 0 Å². The minimum absolute atomic E-state index is 0.334. The van der Waals surface area contributed by atoms with E-state index in [1.165, 1.54) is 19.3 Å². The molecule has 0 aromatic heterocycles. The number of hydrogen-bond donors (Lipinski definition) is 0. The minimum atomic E-state index is 0.334. The van der Waals surface area contributed by atoms with Crippen molar-refractivity contribution in [2.75, 3.05) is 0 Å². The molecule has 1 aliphatic carbocycles. The summed E-state index contributed by atoms with van der Waals surface area (Å²) >= 11 is 0. The lowest BCUT2D eigenvalue weighted by atomic mass is 9.62. The fraction of sp³-hybridized carbons (Fsp3) is 0.909. The summed E-state index contributed by atoms with van der Waals surface area (Å²) in [4.78, 5) is 0. The van der Waals surface area contributed by atoms with Gasteiger partial charge in [0.15, 0.2) is 0 Å². The molecule has 2 atom stereocenters. The van der Waals surface area contributed by atoms with Crippen LogP contribution in [0, 0.1) is 23.7 Å². The van der Waals surface area contributed by atoms with Crippen LogP contribution in [0.4, 0.5) is 0 Å². The lowest BCUT2D eigenvalue weighted by Crippen LogP contribution is -2.32. The first-order chi connectivity index (χ1) is 4.81. The third-order valence-electron chi connectivity index (χ3n) is 2.65. The van der Waals surface area contributed by atoms with Crippen molar-refractivity contribution in [2.24, 2.45) is 16.7 Å². The Balaban J connectivity index is 2.66.